The molecule has 2 unspecified atom stereocenters. The molecule has 0 fully saturated rings. The Bertz CT molecular complexity index is 1170. The molecule has 0 spiro atoms. The molecule has 0 aliphatic heterocycles. The standard InChI is InChI=1S/C26H31N5OS/c1-17(2)26(6,16-27)28-24(32)20(5)33-25-30-29-23(15-21-10-8-7-9-11-21)31(25)22-13-12-18(3)14-19(22)4/h7-14,17,20H,15H2,1-6H3,(H,28,32). The Kier molecular flexibility index (Phi) is 7.60. The van der Waals surface area contributed by atoms with Gasteiger partial charge in [0.1, 0.15) is 11.4 Å². The molecule has 0 saturated heterocycles. The van der Waals surface area contributed by atoms with Crippen molar-refractivity contribution in [1.82, 2.24) is 20.1 Å². The van der Waals surface area contributed by atoms with Crippen LogP contribution in [0.3, 0.4) is 0 Å². The first-order chi connectivity index (χ1) is 15.6. The second-order valence-electron chi connectivity index (χ2n) is 8.90. The maximum Gasteiger partial charge on any atom is 0.234 e. The van der Waals surface area contributed by atoms with E-state index in [0.29, 0.717) is 11.6 Å². The maximum absolute atomic E-state index is 12.9. The number of thioether (sulfide) groups is 1. The second-order valence-corrected chi connectivity index (χ2v) is 10.2. The summed E-state index contributed by atoms with van der Waals surface area (Å²) < 4.78 is 2.04. The van der Waals surface area contributed by atoms with E-state index in [-0.39, 0.29) is 11.8 Å². The van der Waals surface area contributed by atoms with Gasteiger partial charge in [-0.05, 0) is 50.8 Å². The molecule has 0 saturated carbocycles. The van der Waals surface area contributed by atoms with E-state index in [0.717, 1.165) is 22.6 Å². The topological polar surface area (TPSA) is 83.6 Å². The lowest BCUT2D eigenvalue weighted by Gasteiger charge is -2.28. The van der Waals surface area contributed by atoms with Gasteiger partial charge in [-0.3, -0.25) is 9.36 Å². The number of benzene rings is 2. The number of nitriles is 1. The minimum absolute atomic E-state index is 0.0139. The van der Waals surface area contributed by atoms with Crippen LogP contribution in [0.25, 0.3) is 5.69 Å². The predicted molar refractivity (Wildman–Crippen MR) is 132 cm³/mol. The minimum Gasteiger partial charge on any atom is -0.337 e. The van der Waals surface area contributed by atoms with Crippen LogP contribution in [0.15, 0.2) is 53.7 Å². The minimum atomic E-state index is -0.925. The van der Waals surface area contributed by atoms with Gasteiger partial charge in [0.2, 0.25) is 5.91 Å². The highest BCUT2D eigenvalue weighted by Crippen LogP contribution is 2.29. The van der Waals surface area contributed by atoms with Gasteiger partial charge in [-0.15, -0.1) is 10.2 Å². The number of hydrogen-bond acceptors (Lipinski definition) is 5. The first-order valence-electron chi connectivity index (χ1n) is 11.1. The Morgan fingerprint density at radius 2 is 1.85 bits per heavy atom. The Morgan fingerprint density at radius 1 is 1.15 bits per heavy atom. The smallest absolute Gasteiger partial charge is 0.234 e. The molecular weight excluding hydrogens is 430 g/mol. The highest BCUT2D eigenvalue weighted by atomic mass is 32.2. The first-order valence-corrected chi connectivity index (χ1v) is 12.0. The van der Waals surface area contributed by atoms with Gasteiger partial charge < -0.3 is 5.32 Å². The van der Waals surface area contributed by atoms with Crippen LogP contribution in [-0.4, -0.2) is 31.5 Å². The van der Waals surface area contributed by atoms with Crippen molar-refractivity contribution in [3.05, 3.63) is 71.0 Å². The van der Waals surface area contributed by atoms with Gasteiger partial charge >= 0.3 is 0 Å². The molecule has 0 radical (unpaired) electrons. The quantitative estimate of drug-likeness (QED) is 0.477. The lowest BCUT2D eigenvalue weighted by Crippen LogP contribution is -2.51. The zero-order valence-electron chi connectivity index (χ0n) is 20.1. The van der Waals surface area contributed by atoms with Crippen molar-refractivity contribution in [3.63, 3.8) is 0 Å². The molecule has 3 aromatic rings. The van der Waals surface area contributed by atoms with Crippen molar-refractivity contribution in [2.45, 2.75) is 63.9 Å². The van der Waals surface area contributed by atoms with Crippen LogP contribution in [0.1, 0.15) is 50.2 Å². The van der Waals surface area contributed by atoms with E-state index in [4.69, 9.17) is 0 Å². The molecule has 6 nitrogen and oxygen atoms in total. The fourth-order valence-corrected chi connectivity index (χ4v) is 4.32. The highest BCUT2D eigenvalue weighted by Gasteiger charge is 2.32. The van der Waals surface area contributed by atoms with Gasteiger partial charge in [-0.1, -0.05) is 73.6 Å². The average molecular weight is 462 g/mol. The van der Waals surface area contributed by atoms with Crippen LogP contribution >= 0.6 is 11.8 Å². The van der Waals surface area contributed by atoms with Crippen molar-refractivity contribution < 1.29 is 4.79 Å². The normalized spacial score (nSPS) is 13.9. The third-order valence-corrected chi connectivity index (χ3v) is 6.96. The summed E-state index contributed by atoms with van der Waals surface area (Å²) >= 11 is 1.35. The molecule has 1 heterocycles. The van der Waals surface area contributed by atoms with E-state index in [1.165, 1.54) is 17.3 Å². The number of aryl methyl sites for hydroxylation is 2. The van der Waals surface area contributed by atoms with Crippen LogP contribution in [0.4, 0.5) is 0 Å². The second kappa shape index (κ2) is 10.2. The van der Waals surface area contributed by atoms with Crippen molar-refractivity contribution in [1.29, 1.82) is 5.26 Å². The number of nitrogens with zero attached hydrogens (tertiary/aromatic N) is 4. The van der Waals surface area contributed by atoms with Crippen LogP contribution in [0, 0.1) is 31.1 Å². The maximum atomic E-state index is 12.9. The van der Waals surface area contributed by atoms with E-state index < -0.39 is 10.8 Å². The fraction of sp³-hybridized carbons (Fsp3) is 0.385. The lowest BCUT2D eigenvalue weighted by molar-refractivity contribution is -0.121. The molecule has 33 heavy (non-hydrogen) atoms. The lowest BCUT2D eigenvalue weighted by atomic mass is 9.90. The van der Waals surface area contributed by atoms with E-state index >= 15 is 0 Å². The predicted octanol–water partition coefficient (Wildman–Crippen LogP) is 5.01. The summed E-state index contributed by atoms with van der Waals surface area (Å²) in [4.78, 5) is 12.9. The first kappa shape index (κ1) is 24.5. The van der Waals surface area contributed by atoms with Crippen molar-refractivity contribution in [2.75, 3.05) is 0 Å². The largest absolute Gasteiger partial charge is 0.337 e. The molecular formula is C26H31N5OS. The SMILES string of the molecule is Cc1ccc(-n2c(Cc3ccccc3)nnc2SC(C)C(=O)NC(C)(C#N)C(C)C)c(C)c1. The zero-order chi connectivity index (χ0) is 24.2. The summed E-state index contributed by atoms with van der Waals surface area (Å²) in [5, 5.41) is 21.6. The molecule has 1 aromatic heterocycles. The van der Waals surface area contributed by atoms with Gasteiger partial charge in [0, 0.05) is 6.42 Å². The number of amides is 1. The molecule has 0 aliphatic carbocycles. The summed E-state index contributed by atoms with van der Waals surface area (Å²) in [6.45, 7) is 11.6. The van der Waals surface area contributed by atoms with Gasteiger partial charge in [-0.25, -0.2) is 0 Å². The fourth-order valence-electron chi connectivity index (χ4n) is 3.44. The van der Waals surface area contributed by atoms with Gasteiger partial charge in [0.25, 0.3) is 0 Å². The van der Waals surface area contributed by atoms with Gasteiger partial charge in [0.05, 0.1) is 17.0 Å². The van der Waals surface area contributed by atoms with Gasteiger partial charge in [0.15, 0.2) is 5.16 Å². The number of nitrogens with one attached hydrogen (secondary N) is 1. The summed E-state index contributed by atoms with van der Waals surface area (Å²) in [5.74, 6) is 0.602. The van der Waals surface area contributed by atoms with Crippen molar-refractivity contribution in [3.8, 4) is 11.8 Å². The monoisotopic (exact) mass is 461 g/mol. The van der Waals surface area contributed by atoms with Crippen LogP contribution < -0.4 is 5.32 Å². The number of carbonyl (C=O) groups excluding carboxylic acids is 1. The Hall–Kier alpha value is -3.11. The average Bonchev–Trinajstić information content (AvgIpc) is 3.15. The molecule has 1 amide bonds. The number of aromatic nitrogens is 3. The van der Waals surface area contributed by atoms with E-state index in [1.807, 2.05) is 43.5 Å². The highest BCUT2D eigenvalue weighted by molar-refractivity contribution is 8.00. The summed E-state index contributed by atoms with van der Waals surface area (Å²) in [7, 11) is 0. The third-order valence-electron chi connectivity index (χ3n) is 5.92. The molecule has 3 rings (SSSR count). The molecule has 0 bridgehead atoms. The summed E-state index contributed by atoms with van der Waals surface area (Å²) in [6, 6.07) is 18.7. The van der Waals surface area contributed by atoms with Crippen molar-refractivity contribution >= 4 is 17.7 Å². The zero-order valence-corrected chi connectivity index (χ0v) is 20.9. The van der Waals surface area contributed by atoms with Crippen LogP contribution in [0.5, 0.6) is 0 Å². The Balaban J connectivity index is 1.95. The van der Waals surface area contributed by atoms with Crippen molar-refractivity contribution in [2.24, 2.45) is 5.92 Å². The molecule has 0 aliphatic rings. The van der Waals surface area contributed by atoms with Crippen LogP contribution in [-0.2, 0) is 11.2 Å². The van der Waals surface area contributed by atoms with E-state index in [2.05, 4.69) is 65.8 Å². The van der Waals surface area contributed by atoms with E-state index in [1.54, 1.807) is 6.92 Å². The molecule has 2 aromatic carbocycles. The van der Waals surface area contributed by atoms with Gasteiger partial charge in [-0.2, -0.15) is 5.26 Å². The number of rotatable bonds is 8. The Morgan fingerprint density at radius 3 is 2.45 bits per heavy atom. The van der Waals surface area contributed by atoms with Crippen LogP contribution in [0.2, 0.25) is 0 Å². The number of carbonyl (C=O) groups is 1. The molecule has 1 N–H and O–H groups in total. The summed E-state index contributed by atoms with van der Waals surface area (Å²) in [6.07, 6.45) is 0.627. The third kappa shape index (κ3) is 5.63. The summed E-state index contributed by atoms with van der Waals surface area (Å²) in [5.41, 5.74) is 3.50. The molecule has 7 heteroatoms. The molecule has 172 valence electrons. The Labute approximate surface area is 200 Å². The number of hydrogen-bond donors (Lipinski definition) is 1. The molecule has 2 atom stereocenters. The van der Waals surface area contributed by atoms with E-state index in [9.17, 15) is 10.1 Å².